The molecule has 0 aromatic heterocycles. The van der Waals surface area contributed by atoms with E-state index in [1.165, 1.54) is 13.8 Å². The Morgan fingerprint density at radius 1 is 1.10 bits per heavy atom. The molecule has 5 nitrogen and oxygen atoms in total. The molecule has 0 amide bonds. The molecule has 0 unspecified atom stereocenters. The predicted molar refractivity (Wildman–Crippen MR) is 27.1 cm³/mol. The van der Waals surface area contributed by atoms with E-state index in [0.29, 0.717) is 0 Å². The molecular formula is C4H8HgO5. The fourth-order valence-corrected chi connectivity index (χ4v) is 1.71. The predicted octanol–water partition coefficient (Wildman–Crippen LogP) is -0.800. The van der Waals surface area contributed by atoms with Gasteiger partial charge in [-0.3, -0.25) is 0 Å². The van der Waals surface area contributed by atoms with Crippen LogP contribution < -0.4 is 0 Å². The molecule has 0 rings (SSSR count). The van der Waals surface area contributed by atoms with Crippen molar-refractivity contribution >= 4 is 11.9 Å². The molecule has 0 radical (unpaired) electrons. The van der Waals surface area contributed by atoms with Gasteiger partial charge in [-0.2, -0.15) is 0 Å². The van der Waals surface area contributed by atoms with Crippen molar-refractivity contribution in [2.75, 3.05) is 0 Å². The van der Waals surface area contributed by atoms with Crippen LogP contribution >= 0.6 is 0 Å². The van der Waals surface area contributed by atoms with Crippen molar-refractivity contribution in [1.29, 1.82) is 0 Å². The minimum Gasteiger partial charge on any atom is -0.412 e. The second-order valence-corrected chi connectivity index (χ2v) is 4.55. The normalized spacial score (nSPS) is 6.60. The Morgan fingerprint density at radius 2 is 1.40 bits per heavy atom. The first-order valence-electron chi connectivity index (χ1n) is 2.39. The van der Waals surface area contributed by atoms with Gasteiger partial charge in [-0.1, -0.05) is 0 Å². The van der Waals surface area contributed by atoms with Gasteiger partial charge >= 0.3 is 66.2 Å². The third kappa shape index (κ3) is 10.8. The molecule has 0 aromatic rings. The standard InChI is InChI=1S/2C2H4O2.Hg.H2O/c2*1-2(3)4;;/h2*1H3,(H,3,4);;1H2/q;;+2;/p-2. The van der Waals surface area contributed by atoms with Crippen molar-refractivity contribution in [2.45, 2.75) is 13.8 Å². The molecule has 56 valence electrons. The maximum absolute atomic E-state index is 10.1. The average molecular weight is 337 g/mol. The summed E-state index contributed by atoms with van der Waals surface area (Å²) >= 11 is -2.04. The summed E-state index contributed by atoms with van der Waals surface area (Å²) in [5, 5.41) is 0. The Bertz CT molecular complexity index is 109. The van der Waals surface area contributed by atoms with Crippen molar-refractivity contribution in [3.05, 3.63) is 0 Å². The van der Waals surface area contributed by atoms with E-state index < -0.39 is 25.5 Å². The topological polar surface area (TPSA) is 84.1 Å². The number of carbonyl (C=O) groups excluding carboxylic acids is 2. The molecule has 0 aliphatic rings. The van der Waals surface area contributed by atoms with E-state index in [1.54, 1.807) is 0 Å². The van der Waals surface area contributed by atoms with E-state index in [-0.39, 0.29) is 17.4 Å². The van der Waals surface area contributed by atoms with Gasteiger partial charge in [0.1, 0.15) is 0 Å². The third-order valence-electron chi connectivity index (χ3n) is 0.524. The summed E-state index contributed by atoms with van der Waals surface area (Å²) in [4.78, 5) is 20.1. The van der Waals surface area contributed by atoms with Gasteiger partial charge in [0.05, 0.1) is 0 Å². The molecule has 2 N–H and O–H groups in total. The van der Waals surface area contributed by atoms with Crippen LogP contribution in [0.2, 0.25) is 0 Å². The SMILES string of the molecule is CC(=O)[O][Hg][O]C(C)=O.O. The fourth-order valence-electron chi connectivity index (χ4n) is 0.195. The summed E-state index contributed by atoms with van der Waals surface area (Å²) in [6.45, 7) is 2.59. The monoisotopic (exact) mass is 338 g/mol. The number of carbonyl (C=O) groups is 2. The minimum absolute atomic E-state index is 0. The van der Waals surface area contributed by atoms with Crippen LogP contribution in [0.25, 0.3) is 0 Å². The summed E-state index contributed by atoms with van der Waals surface area (Å²) in [5.74, 6) is -0.726. The summed E-state index contributed by atoms with van der Waals surface area (Å²) in [7, 11) is 0. The Morgan fingerprint density at radius 3 is 1.60 bits per heavy atom. The molecule has 0 aromatic carbocycles. The van der Waals surface area contributed by atoms with Crippen molar-refractivity contribution in [3.8, 4) is 0 Å². The van der Waals surface area contributed by atoms with Crippen LogP contribution in [-0.2, 0) is 40.4 Å². The molecule has 0 saturated heterocycles. The first-order chi connectivity index (χ1) is 4.13. The zero-order valence-corrected chi connectivity index (χ0v) is 11.3. The second kappa shape index (κ2) is 6.95. The van der Waals surface area contributed by atoms with Crippen LogP contribution in [0.1, 0.15) is 13.8 Å². The van der Waals surface area contributed by atoms with E-state index in [1.807, 2.05) is 0 Å². The van der Waals surface area contributed by atoms with Gasteiger partial charge in [-0.05, 0) is 0 Å². The van der Waals surface area contributed by atoms with Gasteiger partial charge in [-0.25, -0.2) is 0 Å². The number of hydrogen-bond donors (Lipinski definition) is 0. The van der Waals surface area contributed by atoms with Gasteiger partial charge in [-0.15, -0.1) is 0 Å². The van der Waals surface area contributed by atoms with Gasteiger partial charge in [0, 0.05) is 0 Å². The molecular weight excluding hydrogens is 329 g/mol. The summed E-state index contributed by atoms with van der Waals surface area (Å²) in [6, 6.07) is 0. The number of rotatable bonds is 2. The van der Waals surface area contributed by atoms with Crippen molar-refractivity contribution in [1.82, 2.24) is 0 Å². The summed E-state index contributed by atoms with van der Waals surface area (Å²) in [6.07, 6.45) is 0. The molecule has 0 aliphatic carbocycles. The molecule has 0 bridgehead atoms. The quantitative estimate of drug-likeness (QED) is 0.618. The summed E-state index contributed by atoms with van der Waals surface area (Å²) in [5.41, 5.74) is 0. The molecule has 0 spiro atoms. The first-order valence-corrected chi connectivity index (χ1v) is 6.88. The van der Waals surface area contributed by atoms with Crippen molar-refractivity contribution in [3.63, 3.8) is 0 Å². The number of hydrogen-bond acceptors (Lipinski definition) is 4. The molecule has 10 heavy (non-hydrogen) atoms. The second-order valence-electron chi connectivity index (χ2n) is 1.39. The van der Waals surface area contributed by atoms with E-state index >= 15 is 0 Å². The first kappa shape index (κ1) is 12.5. The smallest absolute Gasteiger partial charge is 0.412 e. The van der Waals surface area contributed by atoms with Crippen LogP contribution in [0.5, 0.6) is 0 Å². The van der Waals surface area contributed by atoms with Crippen LogP contribution in [0.15, 0.2) is 0 Å². The van der Waals surface area contributed by atoms with Crippen LogP contribution in [0, 0.1) is 0 Å². The Balaban J connectivity index is 0. The van der Waals surface area contributed by atoms with Crippen LogP contribution in [-0.4, -0.2) is 17.4 Å². The third-order valence-corrected chi connectivity index (χ3v) is 4.60. The van der Waals surface area contributed by atoms with E-state index in [2.05, 4.69) is 5.29 Å². The summed E-state index contributed by atoms with van der Waals surface area (Å²) < 4.78 is 8.99. The van der Waals surface area contributed by atoms with Gasteiger partial charge in [0.25, 0.3) is 0 Å². The van der Waals surface area contributed by atoms with Gasteiger partial charge in [0.2, 0.25) is 0 Å². The van der Waals surface area contributed by atoms with Crippen molar-refractivity contribution in [2.24, 2.45) is 0 Å². The molecule has 0 heterocycles. The van der Waals surface area contributed by atoms with E-state index in [9.17, 15) is 9.59 Å². The Hall–Kier alpha value is -0.165. The Kier molecular flexibility index (Phi) is 8.69. The largest absolute Gasteiger partial charge is 0.412 e. The fraction of sp³-hybridized carbons (Fsp3) is 0.500. The van der Waals surface area contributed by atoms with Gasteiger partial charge in [0.15, 0.2) is 0 Å². The zero-order valence-electron chi connectivity index (χ0n) is 5.84. The van der Waals surface area contributed by atoms with Crippen molar-refractivity contribution < 1.29 is 45.8 Å². The Labute approximate surface area is 71.8 Å². The van der Waals surface area contributed by atoms with Crippen LogP contribution in [0.3, 0.4) is 0 Å². The maximum atomic E-state index is 10.1. The zero-order chi connectivity index (χ0) is 7.28. The molecule has 0 saturated carbocycles. The minimum atomic E-state index is -2.04. The van der Waals surface area contributed by atoms with E-state index in [0.717, 1.165) is 0 Å². The molecule has 6 heteroatoms. The van der Waals surface area contributed by atoms with Gasteiger partial charge < -0.3 is 5.48 Å². The molecule has 0 aliphatic heterocycles. The van der Waals surface area contributed by atoms with Crippen LogP contribution in [0.4, 0.5) is 0 Å². The van der Waals surface area contributed by atoms with E-state index in [4.69, 9.17) is 0 Å². The maximum Gasteiger partial charge on any atom is -0.412 e. The molecule has 0 fully saturated rings. The average Bonchev–Trinajstić information content (AvgIpc) is 1.63. The molecule has 0 atom stereocenters.